The fourth-order valence-electron chi connectivity index (χ4n) is 3.84. The Labute approximate surface area is 177 Å². The Morgan fingerprint density at radius 1 is 0.900 bits per heavy atom. The molecule has 0 unspecified atom stereocenters. The second-order valence-electron chi connectivity index (χ2n) is 7.38. The van der Waals surface area contributed by atoms with Gasteiger partial charge in [-0.15, -0.1) is 0 Å². The van der Waals surface area contributed by atoms with E-state index in [1.807, 2.05) is 73.2 Å². The van der Waals surface area contributed by atoms with Gasteiger partial charge in [-0.05, 0) is 52.0 Å². The van der Waals surface area contributed by atoms with E-state index in [1.54, 1.807) is 13.2 Å². The molecule has 30 heavy (non-hydrogen) atoms. The quantitative estimate of drug-likeness (QED) is 0.414. The molecule has 0 spiro atoms. The minimum absolute atomic E-state index is 0.211. The van der Waals surface area contributed by atoms with E-state index in [2.05, 4.69) is 0 Å². The van der Waals surface area contributed by atoms with Crippen molar-refractivity contribution in [1.29, 1.82) is 0 Å². The van der Waals surface area contributed by atoms with Crippen molar-refractivity contribution in [2.24, 2.45) is 0 Å². The van der Waals surface area contributed by atoms with Crippen LogP contribution in [0.4, 0.5) is 0 Å². The molecule has 1 aromatic carbocycles. The van der Waals surface area contributed by atoms with Gasteiger partial charge in [-0.2, -0.15) is 0 Å². The molecule has 0 radical (unpaired) electrons. The molecule has 2 aromatic heterocycles. The predicted octanol–water partition coefficient (Wildman–Crippen LogP) is 4.20. The van der Waals surface area contributed by atoms with Crippen LogP contribution in [0, 0.1) is 27.7 Å². The van der Waals surface area contributed by atoms with Gasteiger partial charge in [0.15, 0.2) is 6.61 Å². The van der Waals surface area contributed by atoms with Crippen molar-refractivity contribution in [3.8, 4) is 5.69 Å². The SMILES string of the molecule is COCCn1c(C)cc(C(=O)COC(=O)c2cc(C)n(-c3ccccc3)c2C)c1C. The second-order valence-corrected chi connectivity index (χ2v) is 7.38. The Morgan fingerprint density at radius 2 is 1.57 bits per heavy atom. The number of nitrogens with zero attached hydrogens (tertiary/aromatic N) is 2. The van der Waals surface area contributed by atoms with E-state index in [-0.39, 0.29) is 12.4 Å². The average Bonchev–Trinajstić information content (AvgIpc) is 3.19. The van der Waals surface area contributed by atoms with Gasteiger partial charge in [-0.25, -0.2) is 4.79 Å². The van der Waals surface area contributed by atoms with Gasteiger partial charge in [0.05, 0.1) is 12.2 Å². The fourth-order valence-corrected chi connectivity index (χ4v) is 3.84. The molecule has 0 saturated carbocycles. The molecule has 6 nitrogen and oxygen atoms in total. The number of ether oxygens (including phenoxy) is 2. The van der Waals surface area contributed by atoms with E-state index in [0.717, 1.165) is 28.5 Å². The third-order valence-corrected chi connectivity index (χ3v) is 5.39. The lowest BCUT2D eigenvalue weighted by Crippen LogP contribution is -2.16. The van der Waals surface area contributed by atoms with Crippen LogP contribution in [0.3, 0.4) is 0 Å². The number of carbonyl (C=O) groups excluding carboxylic acids is 2. The molecule has 0 aliphatic heterocycles. The molecule has 0 bridgehead atoms. The summed E-state index contributed by atoms with van der Waals surface area (Å²) in [6.07, 6.45) is 0. The zero-order chi connectivity index (χ0) is 21.8. The van der Waals surface area contributed by atoms with E-state index in [0.29, 0.717) is 24.3 Å². The molecular formula is C24H28N2O4. The minimum atomic E-state index is -0.494. The van der Waals surface area contributed by atoms with Crippen molar-refractivity contribution in [1.82, 2.24) is 9.13 Å². The van der Waals surface area contributed by atoms with Gasteiger partial charge in [-0.1, -0.05) is 18.2 Å². The Kier molecular flexibility index (Phi) is 6.57. The molecule has 0 aliphatic rings. The number of methoxy groups -OCH3 is 1. The lowest BCUT2D eigenvalue weighted by molar-refractivity contribution is 0.0473. The zero-order valence-electron chi connectivity index (χ0n) is 18.2. The first-order valence-electron chi connectivity index (χ1n) is 9.95. The average molecular weight is 408 g/mol. The van der Waals surface area contributed by atoms with Gasteiger partial charge in [0, 0.05) is 47.7 Å². The maximum absolute atomic E-state index is 12.7. The number of aryl methyl sites for hydroxylation is 2. The van der Waals surface area contributed by atoms with Crippen LogP contribution < -0.4 is 0 Å². The Morgan fingerprint density at radius 3 is 2.23 bits per heavy atom. The van der Waals surface area contributed by atoms with Gasteiger partial charge in [0.25, 0.3) is 0 Å². The number of hydrogen-bond donors (Lipinski definition) is 0. The monoisotopic (exact) mass is 408 g/mol. The molecule has 3 aromatic rings. The molecular weight excluding hydrogens is 380 g/mol. The number of aromatic nitrogens is 2. The number of Topliss-reactive ketones (excluding diaryl/α,β-unsaturated/α-hetero) is 1. The molecule has 0 amide bonds. The molecule has 6 heteroatoms. The van der Waals surface area contributed by atoms with Crippen molar-refractivity contribution in [3.63, 3.8) is 0 Å². The topological polar surface area (TPSA) is 62.5 Å². The number of benzene rings is 1. The van der Waals surface area contributed by atoms with E-state index in [4.69, 9.17) is 9.47 Å². The van der Waals surface area contributed by atoms with E-state index < -0.39 is 5.97 Å². The molecule has 0 fully saturated rings. The molecule has 2 heterocycles. The highest BCUT2D eigenvalue weighted by Crippen LogP contribution is 2.22. The van der Waals surface area contributed by atoms with Crippen molar-refractivity contribution in [3.05, 3.63) is 76.4 Å². The van der Waals surface area contributed by atoms with Crippen LogP contribution in [-0.4, -0.2) is 41.2 Å². The highest BCUT2D eigenvalue weighted by Gasteiger charge is 2.21. The fraction of sp³-hybridized carbons (Fsp3) is 0.333. The standard InChI is InChI=1S/C24H28N2O4/c1-16-13-21(18(3)25(16)11-12-29-5)23(27)15-30-24(28)22-14-17(2)26(19(22)4)20-9-7-6-8-10-20/h6-10,13-14H,11-12,15H2,1-5H3. The van der Waals surface area contributed by atoms with Gasteiger partial charge >= 0.3 is 5.97 Å². The maximum Gasteiger partial charge on any atom is 0.340 e. The van der Waals surface area contributed by atoms with Crippen LogP contribution in [0.2, 0.25) is 0 Å². The summed E-state index contributed by atoms with van der Waals surface area (Å²) in [6, 6.07) is 13.5. The molecule has 3 rings (SSSR count). The second kappa shape index (κ2) is 9.13. The first kappa shape index (κ1) is 21.6. The van der Waals surface area contributed by atoms with E-state index in [9.17, 15) is 9.59 Å². The van der Waals surface area contributed by atoms with Crippen LogP contribution >= 0.6 is 0 Å². The van der Waals surface area contributed by atoms with Crippen LogP contribution in [0.1, 0.15) is 43.5 Å². The summed E-state index contributed by atoms with van der Waals surface area (Å²) in [5, 5.41) is 0. The van der Waals surface area contributed by atoms with Crippen LogP contribution in [0.5, 0.6) is 0 Å². The Bertz CT molecular complexity index is 1060. The number of carbonyl (C=O) groups is 2. The highest BCUT2D eigenvalue weighted by molar-refractivity contribution is 6.00. The molecule has 0 saturated heterocycles. The third kappa shape index (κ3) is 4.24. The molecule has 158 valence electrons. The summed E-state index contributed by atoms with van der Waals surface area (Å²) in [5.74, 6) is -0.705. The molecule has 0 N–H and O–H groups in total. The normalized spacial score (nSPS) is 11.0. The summed E-state index contributed by atoms with van der Waals surface area (Å²) in [6.45, 7) is 8.61. The van der Waals surface area contributed by atoms with E-state index >= 15 is 0 Å². The van der Waals surface area contributed by atoms with Crippen LogP contribution in [0.15, 0.2) is 42.5 Å². The first-order chi connectivity index (χ1) is 14.3. The van der Waals surface area contributed by atoms with Gasteiger partial charge in [0.2, 0.25) is 5.78 Å². The van der Waals surface area contributed by atoms with Crippen molar-refractivity contribution < 1.29 is 19.1 Å². The molecule has 0 aliphatic carbocycles. The number of rotatable bonds is 8. The number of para-hydroxylation sites is 1. The van der Waals surface area contributed by atoms with Crippen molar-refractivity contribution in [2.75, 3.05) is 20.3 Å². The zero-order valence-corrected chi connectivity index (χ0v) is 18.2. The summed E-state index contributed by atoms with van der Waals surface area (Å²) in [5.41, 5.74) is 5.57. The number of ketones is 1. The Balaban J connectivity index is 1.73. The summed E-state index contributed by atoms with van der Waals surface area (Å²) >= 11 is 0. The lowest BCUT2D eigenvalue weighted by atomic mass is 10.1. The van der Waals surface area contributed by atoms with E-state index in [1.165, 1.54) is 0 Å². The largest absolute Gasteiger partial charge is 0.454 e. The minimum Gasteiger partial charge on any atom is -0.454 e. The van der Waals surface area contributed by atoms with Gasteiger partial charge < -0.3 is 18.6 Å². The Hall–Kier alpha value is -3.12. The van der Waals surface area contributed by atoms with Crippen molar-refractivity contribution >= 4 is 11.8 Å². The maximum atomic E-state index is 12.7. The van der Waals surface area contributed by atoms with Gasteiger partial charge in [0.1, 0.15) is 0 Å². The number of hydrogen-bond acceptors (Lipinski definition) is 4. The summed E-state index contributed by atoms with van der Waals surface area (Å²) in [4.78, 5) is 25.4. The smallest absolute Gasteiger partial charge is 0.340 e. The third-order valence-electron chi connectivity index (χ3n) is 5.39. The predicted molar refractivity (Wildman–Crippen MR) is 116 cm³/mol. The highest BCUT2D eigenvalue weighted by atomic mass is 16.5. The lowest BCUT2D eigenvalue weighted by Gasteiger charge is -2.10. The summed E-state index contributed by atoms with van der Waals surface area (Å²) in [7, 11) is 1.65. The molecule has 0 atom stereocenters. The van der Waals surface area contributed by atoms with Gasteiger partial charge in [-0.3, -0.25) is 4.79 Å². The van der Waals surface area contributed by atoms with Crippen molar-refractivity contribution in [2.45, 2.75) is 34.2 Å². The number of esters is 1. The van der Waals surface area contributed by atoms with Crippen LogP contribution in [-0.2, 0) is 16.0 Å². The first-order valence-corrected chi connectivity index (χ1v) is 9.95. The van der Waals surface area contributed by atoms with Crippen LogP contribution in [0.25, 0.3) is 5.69 Å². The summed E-state index contributed by atoms with van der Waals surface area (Å²) < 4.78 is 14.5.